The van der Waals surface area contributed by atoms with Crippen LogP contribution < -0.4 is 9.47 Å². The van der Waals surface area contributed by atoms with Crippen LogP contribution in [0.15, 0.2) is 12.1 Å². The predicted molar refractivity (Wildman–Crippen MR) is 83.0 cm³/mol. The molecule has 5 nitrogen and oxygen atoms in total. The largest absolute Gasteiger partial charge is 0.493 e. The Bertz CT molecular complexity index is 1110. The van der Waals surface area contributed by atoms with E-state index in [9.17, 15) is 7.54 Å². The fourth-order valence-electron chi connectivity index (χ4n) is 4.52. The molecule has 1 aromatic carbocycles. The van der Waals surface area contributed by atoms with Gasteiger partial charge >= 0.3 is 0 Å². The second-order valence-corrected chi connectivity index (χ2v) is 6.34. The standard InChI is InChI=1S/C18H21NO4/c1-19-8-7-17-14-10-3-4-12(22-2)15(14)23-16(17)11(20)5-6-18(17,21)13(19)9-10/h3-4,13,16,21H,5-9H2,1-2H3/t13-,16?,17+,18-/m1/s1/i1D3,3D,4D,5D2,13D,16D,21D. The summed E-state index contributed by atoms with van der Waals surface area (Å²) in [6, 6.07) is -3.17. The van der Waals surface area contributed by atoms with Gasteiger partial charge in [0.2, 0.25) is 1.43 Å². The number of hydrogen-bond donors (Lipinski definition) is 1. The van der Waals surface area contributed by atoms with Crippen LogP contribution >= 0.6 is 0 Å². The zero-order valence-electron chi connectivity index (χ0n) is 22.4. The number of likely N-dealkylation sites (tertiary alicyclic amines) is 1. The number of piperidine rings is 1. The Labute approximate surface area is 149 Å². The molecule has 122 valence electrons. The van der Waals surface area contributed by atoms with E-state index in [0.29, 0.717) is 0 Å². The van der Waals surface area contributed by atoms with Gasteiger partial charge in [-0.05, 0) is 44.4 Å². The van der Waals surface area contributed by atoms with Gasteiger partial charge in [-0.2, -0.15) is 0 Å². The molecule has 5 rings (SSSR count). The normalized spacial score (nSPS) is 56.0. The lowest BCUT2D eigenvalue weighted by molar-refractivity contribution is -0.185. The van der Waals surface area contributed by atoms with Crippen LogP contribution in [0, 0.1) is 0 Å². The van der Waals surface area contributed by atoms with Gasteiger partial charge in [0.1, 0.15) is 0 Å². The van der Waals surface area contributed by atoms with E-state index < -0.39 is 61.1 Å². The third-order valence-electron chi connectivity index (χ3n) is 5.52. The topological polar surface area (TPSA) is 59.0 Å². The Balaban J connectivity index is 1.99. The molecule has 1 unspecified atom stereocenters. The first-order chi connectivity index (χ1) is 15.1. The molecule has 1 aromatic rings. The first-order valence-corrected chi connectivity index (χ1v) is 7.46. The van der Waals surface area contributed by atoms with E-state index in [-0.39, 0.29) is 41.6 Å². The Morgan fingerprint density at radius 3 is 3.35 bits per heavy atom. The zero-order chi connectivity index (χ0) is 24.6. The molecule has 0 aromatic heterocycles. The summed E-state index contributed by atoms with van der Waals surface area (Å²) in [7, 11) is 1.22. The quantitative estimate of drug-likeness (QED) is 0.881. The van der Waals surface area contributed by atoms with Gasteiger partial charge in [-0.15, -0.1) is 0 Å². The van der Waals surface area contributed by atoms with E-state index in [0.717, 1.165) is 4.90 Å². The number of benzene rings is 1. The highest BCUT2D eigenvalue weighted by Crippen LogP contribution is 2.64. The van der Waals surface area contributed by atoms with E-state index in [1.54, 1.807) is 0 Å². The molecule has 2 aliphatic heterocycles. The maximum absolute atomic E-state index is 13.4. The monoisotopic (exact) mass is 325 g/mol. The fraction of sp³-hybridized carbons (Fsp3) is 0.611. The summed E-state index contributed by atoms with van der Waals surface area (Å²) in [6.45, 7) is -3.14. The highest BCUT2D eigenvalue weighted by molar-refractivity contribution is 5.90. The lowest BCUT2D eigenvalue weighted by Crippen LogP contribution is -2.76. The van der Waals surface area contributed by atoms with Gasteiger partial charge in [-0.25, -0.2) is 0 Å². The summed E-state index contributed by atoms with van der Waals surface area (Å²) >= 11 is 0. The number of aliphatic hydroxyl groups is 1. The molecule has 0 radical (unpaired) electrons. The molecule has 1 saturated heterocycles. The first-order valence-electron chi connectivity index (χ1n) is 12.4. The van der Waals surface area contributed by atoms with Crippen LogP contribution in [0.1, 0.15) is 42.7 Å². The number of ether oxygens (including phenoxy) is 2. The van der Waals surface area contributed by atoms with Crippen molar-refractivity contribution in [2.75, 3.05) is 20.6 Å². The van der Waals surface area contributed by atoms with Gasteiger partial charge in [0, 0.05) is 24.8 Å². The summed E-state index contributed by atoms with van der Waals surface area (Å²) in [6.07, 6.45) is -7.15. The molecule has 2 heterocycles. The van der Waals surface area contributed by atoms with Gasteiger partial charge in [-0.3, -0.25) is 4.79 Å². The van der Waals surface area contributed by atoms with Gasteiger partial charge in [0.25, 0.3) is 0 Å². The minimum Gasteiger partial charge on any atom is -0.493 e. The molecule has 1 spiro atoms. The second-order valence-electron chi connectivity index (χ2n) is 6.34. The molecule has 5 heteroatoms. The summed E-state index contributed by atoms with van der Waals surface area (Å²) in [5.74, 6) is -1.67. The maximum Gasteiger partial charge on any atom is 0.211 e. The molecule has 2 bridgehead atoms. The number of ketones is 1. The number of carbonyl (C=O) groups is 1. The highest BCUT2D eigenvalue weighted by Gasteiger charge is 2.72. The van der Waals surface area contributed by atoms with Crippen molar-refractivity contribution in [2.24, 2.45) is 0 Å². The lowest BCUT2D eigenvalue weighted by atomic mass is 9.49. The maximum atomic E-state index is 13.4. The van der Waals surface area contributed by atoms with E-state index in [1.807, 2.05) is 0 Å². The summed E-state index contributed by atoms with van der Waals surface area (Å²) in [5.41, 5.74) is -4.14. The SMILES string of the molecule is [2H]O[C@@]12CC([2H])([2H])C(=O)C3([2H])Oc4c(OC)c([2H])c([2H])c5c4[C@@]31CCN(C([2H])([2H])[2H])[C@]2([2H])C5. The smallest absolute Gasteiger partial charge is 0.211 e. The molecule has 0 amide bonds. The number of nitrogens with zero attached hydrogens (tertiary/aromatic N) is 1. The van der Waals surface area contributed by atoms with Gasteiger partial charge in [-0.1, -0.05) is 6.04 Å². The molecule has 1 saturated carbocycles. The van der Waals surface area contributed by atoms with Crippen molar-refractivity contribution in [1.29, 1.82) is 1.43 Å². The molecule has 4 aliphatic rings. The number of methoxy groups -OCH3 is 1. The van der Waals surface area contributed by atoms with E-state index in [1.165, 1.54) is 7.11 Å². The van der Waals surface area contributed by atoms with Crippen LogP contribution in [0.2, 0.25) is 0 Å². The van der Waals surface area contributed by atoms with E-state index >= 15 is 0 Å². The first kappa shape index (κ1) is 7.11. The average molecular weight is 325 g/mol. The molecule has 2 fully saturated rings. The van der Waals surface area contributed by atoms with Crippen molar-refractivity contribution in [3.8, 4) is 11.5 Å². The van der Waals surface area contributed by atoms with E-state index in [4.69, 9.17) is 25.6 Å². The van der Waals surface area contributed by atoms with Crippen LogP contribution in [0.4, 0.5) is 0 Å². The van der Waals surface area contributed by atoms with Gasteiger partial charge in [0.15, 0.2) is 23.4 Å². The van der Waals surface area contributed by atoms with Crippen LogP contribution in [-0.4, -0.2) is 55.6 Å². The number of hydrogen-bond acceptors (Lipinski definition) is 5. The average Bonchev–Trinajstić information content (AvgIpc) is 2.96. The van der Waals surface area contributed by atoms with Crippen molar-refractivity contribution in [1.82, 2.24) is 4.90 Å². The zero-order valence-corrected chi connectivity index (χ0v) is 12.4. The van der Waals surface area contributed by atoms with Gasteiger partial charge in [0.05, 0.1) is 23.6 Å². The number of carbonyl (C=O) groups excluding carboxylic acids is 1. The summed E-state index contributed by atoms with van der Waals surface area (Å²) in [5, 5.41) is 5.15. The van der Waals surface area contributed by atoms with Crippen molar-refractivity contribution in [2.45, 2.75) is 48.7 Å². The second kappa shape index (κ2) is 4.08. The Morgan fingerprint density at radius 2 is 2.57 bits per heavy atom. The van der Waals surface area contributed by atoms with E-state index in [2.05, 4.69) is 0 Å². The molecular formula is C18H21NO4. The summed E-state index contributed by atoms with van der Waals surface area (Å²) in [4.78, 5) is 14.2. The van der Waals surface area contributed by atoms with Crippen LogP contribution in [-0.2, 0) is 16.6 Å². The highest BCUT2D eigenvalue weighted by atomic mass is 16.5. The number of rotatable bonds is 2. The molecule has 23 heavy (non-hydrogen) atoms. The Hall–Kier alpha value is -1.59. The Kier molecular flexibility index (Phi) is 1.26. The predicted octanol–water partition coefficient (Wildman–Crippen LogP) is 1.05. The summed E-state index contributed by atoms with van der Waals surface area (Å²) < 4.78 is 95.4. The number of Topliss-reactive ketones (excluding diaryl/α,β-unsaturated/α-hetero) is 1. The van der Waals surface area contributed by atoms with Crippen LogP contribution in [0.5, 0.6) is 11.5 Å². The van der Waals surface area contributed by atoms with Crippen molar-refractivity contribution in [3.63, 3.8) is 0 Å². The fourth-order valence-corrected chi connectivity index (χ4v) is 4.52. The van der Waals surface area contributed by atoms with Crippen LogP contribution in [0.3, 0.4) is 0 Å². The Morgan fingerprint density at radius 1 is 1.65 bits per heavy atom. The third kappa shape index (κ3) is 1.32. The minimum absolute atomic E-state index is 0.0387. The van der Waals surface area contributed by atoms with Crippen LogP contribution in [0.25, 0.3) is 0 Å². The third-order valence-corrected chi connectivity index (χ3v) is 5.52. The molecule has 4 atom stereocenters. The number of likely N-dealkylation sites (N-methyl/N-ethyl adjacent to an activating group) is 1. The molecule has 1 N–H and O–H groups in total. The lowest BCUT2D eigenvalue weighted by Gasteiger charge is -2.62. The van der Waals surface area contributed by atoms with Crippen molar-refractivity contribution in [3.05, 3.63) is 23.2 Å². The van der Waals surface area contributed by atoms with Gasteiger partial charge < -0.3 is 19.5 Å². The van der Waals surface area contributed by atoms with Crippen molar-refractivity contribution >= 4 is 5.78 Å². The van der Waals surface area contributed by atoms with Crippen molar-refractivity contribution < 1.29 is 31.7 Å². The molecule has 2 aliphatic carbocycles. The molecular weight excluding hydrogens is 294 g/mol. The minimum atomic E-state index is -2.86.